The molecule has 0 saturated heterocycles. The second-order valence-corrected chi connectivity index (χ2v) is 11.2. The summed E-state index contributed by atoms with van der Waals surface area (Å²) in [7, 11) is 0. The molecule has 34 heavy (non-hydrogen) atoms. The summed E-state index contributed by atoms with van der Waals surface area (Å²) in [4.78, 5) is 32.3. The van der Waals surface area contributed by atoms with Crippen LogP contribution in [0.3, 0.4) is 0 Å². The molecular weight excluding hydrogens is 433 g/mol. The van der Waals surface area contributed by atoms with Crippen molar-refractivity contribution in [3.63, 3.8) is 0 Å². The number of nitrogens with one attached hydrogen (secondary N) is 1. The summed E-state index contributed by atoms with van der Waals surface area (Å²) in [6, 6.07) is 6.34. The first kappa shape index (κ1) is 21.5. The van der Waals surface area contributed by atoms with Crippen LogP contribution in [0.15, 0.2) is 30.5 Å². The summed E-state index contributed by atoms with van der Waals surface area (Å²) >= 11 is 0. The van der Waals surface area contributed by atoms with Crippen LogP contribution in [0.4, 0.5) is 4.39 Å². The average Bonchev–Trinajstić information content (AvgIpc) is 3.25. The molecule has 1 heterocycles. The molecule has 1 aromatic heterocycles. The van der Waals surface area contributed by atoms with Crippen LogP contribution in [0.25, 0.3) is 15.7 Å². The number of ketones is 1. The lowest BCUT2D eigenvalue weighted by Gasteiger charge is -2.70. The molecule has 5 fully saturated rings. The van der Waals surface area contributed by atoms with Crippen LogP contribution in [-0.4, -0.2) is 34.9 Å². The minimum Gasteiger partial charge on any atom is -0.490 e. The maximum atomic E-state index is 13.7. The van der Waals surface area contributed by atoms with Crippen molar-refractivity contribution in [1.82, 2.24) is 10.3 Å². The number of Topliss-reactive ketones (excluding diaryl/α,β-unsaturated/α-hetero) is 1. The van der Waals surface area contributed by atoms with Gasteiger partial charge in [-0.1, -0.05) is 6.92 Å². The van der Waals surface area contributed by atoms with E-state index < -0.39 is 0 Å². The van der Waals surface area contributed by atoms with Crippen LogP contribution < -0.4 is 10.1 Å². The Labute approximate surface area is 198 Å². The minimum absolute atomic E-state index is 0.0236. The van der Waals surface area contributed by atoms with Crippen molar-refractivity contribution in [2.75, 3.05) is 6.54 Å². The molecule has 0 aliphatic heterocycles. The Bertz CT molecular complexity index is 1210. The molecule has 7 heteroatoms. The number of aromatic nitrogens is 1. The zero-order valence-electron chi connectivity index (χ0n) is 19.2. The summed E-state index contributed by atoms with van der Waals surface area (Å²) in [5, 5.41) is 3.99. The van der Waals surface area contributed by atoms with Gasteiger partial charge in [0.25, 0.3) is 6.54 Å². The summed E-state index contributed by atoms with van der Waals surface area (Å²) in [5.74, 6) is 1.90. The summed E-state index contributed by atoms with van der Waals surface area (Å²) in [5.41, 5.74) is 0.645. The van der Waals surface area contributed by atoms with Crippen molar-refractivity contribution in [2.24, 2.45) is 29.1 Å². The molecule has 1 aromatic carbocycles. The third-order valence-electron chi connectivity index (χ3n) is 8.77. The molecule has 5 saturated carbocycles. The van der Waals surface area contributed by atoms with Crippen LogP contribution >= 0.6 is 0 Å². The van der Waals surface area contributed by atoms with Crippen LogP contribution in [0.1, 0.15) is 45.4 Å². The van der Waals surface area contributed by atoms with Crippen molar-refractivity contribution in [1.29, 1.82) is 0 Å². The van der Waals surface area contributed by atoms with Crippen molar-refractivity contribution in [2.45, 2.75) is 57.1 Å². The highest BCUT2D eigenvalue weighted by Crippen LogP contribution is 2.69. The molecule has 2 bridgehead atoms. The fourth-order valence-corrected chi connectivity index (χ4v) is 7.49. The molecule has 176 valence electrons. The fraction of sp³-hybridized carbons (Fsp3) is 0.556. The lowest BCUT2D eigenvalue weighted by atomic mass is 9.38. The Kier molecular flexibility index (Phi) is 4.74. The summed E-state index contributed by atoms with van der Waals surface area (Å²) in [6.45, 7) is 8.85. The van der Waals surface area contributed by atoms with Gasteiger partial charge in [-0.3, -0.25) is 14.6 Å². The van der Waals surface area contributed by atoms with Gasteiger partial charge >= 0.3 is 0 Å². The molecule has 2 aromatic rings. The number of halogens is 1. The summed E-state index contributed by atoms with van der Waals surface area (Å²) < 4.78 is 20.0. The van der Waals surface area contributed by atoms with Crippen LogP contribution in [0, 0.1) is 41.5 Å². The number of carbonyl (C=O) groups is 2. The van der Waals surface area contributed by atoms with Gasteiger partial charge < -0.3 is 14.9 Å². The number of fused-ring (bicyclic) bond motifs is 2. The zero-order valence-corrected chi connectivity index (χ0v) is 19.2. The molecular formula is C27H28FN3O3. The van der Waals surface area contributed by atoms with E-state index in [-0.39, 0.29) is 47.0 Å². The standard InChI is InChI=1S/C27H28FN3O3/c1-15(25(33)31-27-12-26(13-27,14-27)10-17(32)11-29-2)24-19-8-18(9-20(19)24)34-23-5-6-30-22-4-3-16(28)7-21(22)23/h3-7,15,18-20,24H,8-14H2,1H3,(H,31,33)/t15?,18?,19-,20+,24?,26?,27?. The first-order valence-electron chi connectivity index (χ1n) is 12.2. The van der Waals surface area contributed by atoms with E-state index >= 15 is 0 Å². The number of nitrogens with zero attached hydrogens (tertiary/aromatic N) is 2. The topological polar surface area (TPSA) is 72.7 Å². The lowest BCUT2D eigenvalue weighted by Crippen LogP contribution is -2.75. The van der Waals surface area contributed by atoms with Crippen molar-refractivity contribution in [3.8, 4) is 5.75 Å². The van der Waals surface area contributed by atoms with Gasteiger partial charge in [-0.2, -0.15) is 0 Å². The smallest absolute Gasteiger partial charge is 0.272 e. The van der Waals surface area contributed by atoms with Gasteiger partial charge in [0.2, 0.25) is 11.7 Å². The summed E-state index contributed by atoms with van der Waals surface area (Å²) in [6.07, 6.45) is 6.71. The lowest BCUT2D eigenvalue weighted by molar-refractivity contribution is -0.173. The van der Waals surface area contributed by atoms with Crippen molar-refractivity contribution >= 4 is 22.6 Å². The number of pyridine rings is 1. The second-order valence-electron chi connectivity index (χ2n) is 11.2. The Morgan fingerprint density at radius 2 is 2.00 bits per heavy atom. The van der Waals surface area contributed by atoms with Gasteiger partial charge in [-0.25, -0.2) is 11.0 Å². The number of hydrogen-bond donors (Lipinski definition) is 1. The molecule has 3 unspecified atom stereocenters. The minimum atomic E-state index is -0.302. The third kappa shape index (κ3) is 3.46. The maximum Gasteiger partial charge on any atom is 0.272 e. The monoisotopic (exact) mass is 461 g/mol. The number of carbonyl (C=O) groups excluding carboxylic acids is 2. The number of rotatable bonds is 8. The Morgan fingerprint density at radius 1 is 1.26 bits per heavy atom. The van der Waals surface area contributed by atoms with E-state index in [0.717, 1.165) is 37.6 Å². The molecule has 1 N–H and O–H groups in total. The van der Waals surface area contributed by atoms with E-state index in [9.17, 15) is 14.0 Å². The largest absolute Gasteiger partial charge is 0.490 e. The molecule has 5 aliphatic carbocycles. The van der Waals surface area contributed by atoms with Crippen molar-refractivity contribution in [3.05, 3.63) is 47.7 Å². The van der Waals surface area contributed by atoms with Gasteiger partial charge in [-0.05, 0) is 79.5 Å². The zero-order chi connectivity index (χ0) is 23.7. The first-order chi connectivity index (χ1) is 16.3. The highest BCUT2D eigenvalue weighted by Gasteiger charge is 2.69. The molecule has 7 rings (SSSR count). The van der Waals surface area contributed by atoms with Gasteiger partial charge in [-0.15, -0.1) is 0 Å². The van der Waals surface area contributed by atoms with Crippen LogP contribution in [0.5, 0.6) is 5.75 Å². The van der Waals surface area contributed by atoms with Gasteiger partial charge in [0.1, 0.15) is 11.6 Å². The second kappa shape index (κ2) is 7.49. The van der Waals surface area contributed by atoms with E-state index in [4.69, 9.17) is 11.3 Å². The van der Waals surface area contributed by atoms with E-state index in [2.05, 4.69) is 15.1 Å². The fourth-order valence-electron chi connectivity index (χ4n) is 7.49. The number of benzene rings is 1. The number of ether oxygens (including phenoxy) is 1. The van der Waals surface area contributed by atoms with E-state index in [1.54, 1.807) is 18.3 Å². The van der Waals surface area contributed by atoms with Crippen LogP contribution in [0.2, 0.25) is 0 Å². The van der Waals surface area contributed by atoms with Crippen molar-refractivity contribution < 1.29 is 18.7 Å². The molecule has 5 aliphatic rings. The van der Waals surface area contributed by atoms with Crippen LogP contribution in [-0.2, 0) is 9.59 Å². The number of hydrogen-bond acceptors (Lipinski definition) is 4. The number of amides is 1. The quantitative estimate of drug-likeness (QED) is 0.594. The Morgan fingerprint density at radius 3 is 2.71 bits per heavy atom. The molecule has 1 amide bonds. The Balaban J connectivity index is 1.00. The molecule has 6 nitrogen and oxygen atoms in total. The highest BCUT2D eigenvalue weighted by atomic mass is 19.1. The average molecular weight is 462 g/mol. The third-order valence-corrected chi connectivity index (χ3v) is 8.77. The molecule has 0 spiro atoms. The molecule has 5 atom stereocenters. The van der Waals surface area contributed by atoms with E-state index in [1.165, 1.54) is 12.1 Å². The first-order valence-corrected chi connectivity index (χ1v) is 12.2. The maximum absolute atomic E-state index is 13.7. The van der Waals surface area contributed by atoms with E-state index in [1.807, 2.05) is 6.92 Å². The Hall–Kier alpha value is -3.01. The van der Waals surface area contributed by atoms with Gasteiger partial charge in [0.15, 0.2) is 0 Å². The predicted molar refractivity (Wildman–Crippen MR) is 123 cm³/mol. The molecule has 0 radical (unpaired) electrons. The van der Waals surface area contributed by atoms with Gasteiger partial charge in [0.05, 0.1) is 11.6 Å². The SMILES string of the molecule is [C-]#[N+]CC(=O)CC12CC(NC(=O)C(C)C3[C@H]4CC(Oc5ccnc6ccc(F)cc56)C[C@@H]34)(C1)C2. The normalized spacial score (nSPS) is 35.3. The van der Waals surface area contributed by atoms with E-state index in [0.29, 0.717) is 35.3 Å². The predicted octanol–water partition coefficient (Wildman–Crippen LogP) is 4.33. The van der Waals surface area contributed by atoms with Gasteiger partial charge in [0, 0.05) is 29.5 Å². The highest BCUT2D eigenvalue weighted by molar-refractivity contribution is 5.85.